The van der Waals surface area contributed by atoms with Crippen molar-refractivity contribution in [2.75, 3.05) is 5.32 Å². The van der Waals surface area contributed by atoms with Crippen LogP contribution in [0.1, 0.15) is 35.3 Å². The summed E-state index contributed by atoms with van der Waals surface area (Å²) >= 11 is 0. The number of aliphatic imine (C=N–C) groups is 1. The van der Waals surface area contributed by atoms with E-state index in [0.29, 0.717) is 5.92 Å². The van der Waals surface area contributed by atoms with Gasteiger partial charge in [-0.1, -0.05) is 128 Å². The fourth-order valence-corrected chi connectivity index (χ4v) is 8.63. The van der Waals surface area contributed by atoms with Gasteiger partial charge in [-0.05, 0) is 63.5 Å². The zero-order valence-corrected chi connectivity index (χ0v) is 28.0. The Morgan fingerprint density at radius 1 is 0.627 bits per heavy atom. The topological polar surface area (TPSA) is 38.5 Å². The van der Waals surface area contributed by atoms with Crippen molar-refractivity contribution in [3.63, 3.8) is 0 Å². The molecule has 1 aromatic heterocycles. The van der Waals surface area contributed by atoms with Crippen LogP contribution in [-0.2, 0) is 0 Å². The van der Waals surface area contributed by atoms with Crippen LogP contribution >= 0.6 is 0 Å². The Hall–Kier alpha value is -6.39. The predicted molar refractivity (Wildman–Crippen MR) is 211 cm³/mol. The number of fused-ring (bicyclic) bond motifs is 11. The first-order chi connectivity index (χ1) is 25.2. The molecule has 3 aliphatic rings. The molecule has 1 N–H and O–H groups in total. The van der Waals surface area contributed by atoms with Gasteiger partial charge in [-0.15, -0.1) is 0 Å². The van der Waals surface area contributed by atoms with Crippen molar-refractivity contribution < 1.29 is 4.74 Å². The maximum atomic E-state index is 6.72. The molecule has 4 heteroatoms. The van der Waals surface area contributed by atoms with Crippen molar-refractivity contribution in [3.8, 4) is 11.4 Å². The summed E-state index contributed by atoms with van der Waals surface area (Å²) in [7, 11) is 0. The number of benzene rings is 7. The highest BCUT2D eigenvalue weighted by atomic mass is 16.5. The number of ether oxygens (including phenoxy) is 1. The van der Waals surface area contributed by atoms with Gasteiger partial charge in [0, 0.05) is 50.3 Å². The van der Waals surface area contributed by atoms with E-state index in [4.69, 9.17) is 9.73 Å². The van der Waals surface area contributed by atoms with Gasteiger partial charge in [0.25, 0.3) is 0 Å². The number of aromatic nitrogens is 1. The molecule has 0 bridgehead atoms. The van der Waals surface area contributed by atoms with Crippen LogP contribution < -0.4 is 10.1 Å². The van der Waals surface area contributed by atoms with Crippen molar-refractivity contribution >= 4 is 60.3 Å². The van der Waals surface area contributed by atoms with Crippen molar-refractivity contribution in [2.24, 2.45) is 10.9 Å². The van der Waals surface area contributed by atoms with Crippen LogP contribution in [0.3, 0.4) is 0 Å². The average molecular weight is 656 g/mol. The van der Waals surface area contributed by atoms with Crippen molar-refractivity contribution in [1.82, 2.24) is 4.57 Å². The third-order valence-corrected chi connectivity index (χ3v) is 11.0. The fourth-order valence-electron chi connectivity index (χ4n) is 8.63. The molecule has 0 saturated carbocycles. The number of hydrogen-bond acceptors (Lipinski definition) is 3. The van der Waals surface area contributed by atoms with Gasteiger partial charge in [0.1, 0.15) is 18.0 Å². The van der Waals surface area contributed by atoms with Gasteiger partial charge in [-0.2, -0.15) is 0 Å². The quantitative estimate of drug-likeness (QED) is 0.206. The summed E-state index contributed by atoms with van der Waals surface area (Å²) in [5.41, 5.74) is 11.2. The molecule has 0 saturated heterocycles. The number of anilines is 1. The molecule has 242 valence electrons. The summed E-state index contributed by atoms with van der Waals surface area (Å²) in [4.78, 5) is 5.42. The maximum absolute atomic E-state index is 6.72. The lowest BCUT2D eigenvalue weighted by molar-refractivity contribution is 0.235. The van der Waals surface area contributed by atoms with Crippen LogP contribution in [0.15, 0.2) is 163 Å². The van der Waals surface area contributed by atoms with Crippen molar-refractivity contribution in [1.29, 1.82) is 0 Å². The number of nitrogens with zero attached hydrogens (tertiary/aromatic N) is 2. The molecule has 0 amide bonds. The normalized spacial score (nSPS) is 19.0. The van der Waals surface area contributed by atoms with Gasteiger partial charge >= 0.3 is 0 Å². The zero-order chi connectivity index (χ0) is 33.6. The summed E-state index contributed by atoms with van der Waals surface area (Å²) in [6.07, 6.45) is 6.35. The Kier molecular flexibility index (Phi) is 6.03. The van der Waals surface area contributed by atoms with Gasteiger partial charge in [0.05, 0.1) is 16.7 Å². The number of hydrogen-bond donors (Lipinski definition) is 1. The van der Waals surface area contributed by atoms with Crippen LogP contribution in [0.4, 0.5) is 5.69 Å². The fraction of sp³-hybridized carbons (Fsp3) is 0.0851. The van der Waals surface area contributed by atoms with Crippen LogP contribution in [0.25, 0.3) is 54.6 Å². The largest absolute Gasteiger partial charge is 0.484 e. The summed E-state index contributed by atoms with van der Waals surface area (Å²) in [6, 6.07) is 50.4. The third kappa shape index (κ3) is 4.17. The Balaban J connectivity index is 1.05. The van der Waals surface area contributed by atoms with Gasteiger partial charge in [-0.3, -0.25) is 4.99 Å². The number of nitrogens with one attached hydrogen (secondary N) is 1. The zero-order valence-electron chi connectivity index (χ0n) is 28.0. The molecule has 0 fully saturated rings. The van der Waals surface area contributed by atoms with E-state index in [1.54, 1.807) is 0 Å². The molecule has 51 heavy (non-hydrogen) atoms. The molecule has 3 unspecified atom stereocenters. The summed E-state index contributed by atoms with van der Waals surface area (Å²) in [5.74, 6) is 1.24. The summed E-state index contributed by atoms with van der Waals surface area (Å²) in [5, 5.41) is 11.4. The summed E-state index contributed by atoms with van der Waals surface area (Å²) in [6.45, 7) is 2.22. The van der Waals surface area contributed by atoms with Gasteiger partial charge < -0.3 is 14.6 Å². The van der Waals surface area contributed by atoms with E-state index in [1.807, 2.05) is 0 Å². The Morgan fingerprint density at radius 3 is 2.02 bits per heavy atom. The van der Waals surface area contributed by atoms with Gasteiger partial charge in [-0.25, -0.2) is 0 Å². The smallest absolute Gasteiger partial charge is 0.145 e. The molecule has 3 atom stereocenters. The minimum Gasteiger partial charge on any atom is -0.484 e. The molecule has 3 heterocycles. The molecule has 11 rings (SSSR count). The van der Waals surface area contributed by atoms with E-state index in [2.05, 4.69) is 175 Å². The van der Waals surface area contributed by atoms with Crippen LogP contribution in [-0.4, -0.2) is 16.4 Å². The molecule has 1 aliphatic carbocycles. The molecule has 7 aromatic carbocycles. The van der Waals surface area contributed by atoms with E-state index < -0.39 is 0 Å². The highest BCUT2D eigenvalue weighted by Crippen LogP contribution is 2.46. The van der Waals surface area contributed by atoms with Crippen LogP contribution in [0.5, 0.6) is 5.75 Å². The van der Waals surface area contributed by atoms with E-state index in [1.165, 1.54) is 54.5 Å². The Labute approximate surface area is 295 Å². The molecule has 0 spiro atoms. The first-order valence-electron chi connectivity index (χ1n) is 17.8. The standard InChI is InChI=1S/C47H33N3O/c1-28-10-8-16-35-36-17-9-18-38(46(36)51-45(28)35)44-37-15-6-7-19-39(37)48-47(49-44)31-20-24-32(25-21-31)50-40-26-22-29-11-2-4-13-33(29)42(40)43-34-14-5-3-12-30(34)23-27-41(43)50/h2-28,45,47-48H,1H3. The third-order valence-electron chi connectivity index (χ3n) is 11.0. The summed E-state index contributed by atoms with van der Waals surface area (Å²) < 4.78 is 9.14. The lowest BCUT2D eigenvalue weighted by Crippen LogP contribution is -2.23. The second-order valence-corrected chi connectivity index (χ2v) is 13.9. The van der Waals surface area contributed by atoms with Crippen LogP contribution in [0.2, 0.25) is 0 Å². The number of allylic oxidation sites excluding steroid dienone is 2. The highest BCUT2D eigenvalue weighted by molar-refractivity contribution is 6.28. The van der Waals surface area contributed by atoms with Crippen molar-refractivity contribution in [3.05, 3.63) is 180 Å². The van der Waals surface area contributed by atoms with E-state index >= 15 is 0 Å². The first-order valence-corrected chi connectivity index (χ1v) is 17.8. The van der Waals surface area contributed by atoms with Gasteiger partial charge in [0.15, 0.2) is 0 Å². The Morgan fingerprint density at radius 2 is 1.27 bits per heavy atom. The van der Waals surface area contributed by atoms with Crippen LogP contribution in [0, 0.1) is 5.92 Å². The number of para-hydroxylation sites is 2. The van der Waals surface area contributed by atoms with Crippen molar-refractivity contribution in [2.45, 2.75) is 19.2 Å². The predicted octanol–water partition coefficient (Wildman–Crippen LogP) is 11.4. The van der Waals surface area contributed by atoms with E-state index in [0.717, 1.165) is 39.5 Å². The second-order valence-electron chi connectivity index (χ2n) is 13.9. The lowest BCUT2D eigenvalue weighted by atomic mass is 9.88. The lowest BCUT2D eigenvalue weighted by Gasteiger charge is -2.27. The molecule has 2 aliphatic heterocycles. The molecule has 0 radical (unpaired) electrons. The second kappa shape index (κ2) is 10.8. The maximum Gasteiger partial charge on any atom is 0.145 e. The van der Waals surface area contributed by atoms with E-state index in [-0.39, 0.29) is 12.3 Å². The Bertz CT molecular complexity index is 2740. The van der Waals surface area contributed by atoms with E-state index in [9.17, 15) is 0 Å². The minimum absolute atomic E-state index is 0.0314. The first kappa shape index (κ1) is 28.4. The average Bonchev–Trinajstić information content (AvgIpc) is 3.75. The molecule has 8 aromatic rings. The SMILES string of the molecule is CC1C=CC=C2c3cccc(C4=NC(c5ccc(-n6c7ccc8ccccc8c7c7c8ccccc8ccc76)cc5)Nc5ccccc54)c3OC21. The molecular weight excluding hydrogens is 623 g/mol. The molecular formula is C47H33N3O. The number of rotatable bonds is 3. The minimum atomic E-state index is -0.255. The monoisotopic (exact) mass is 655 g/mol. The van der Waals surface area contributed by atoms with Gasteiger partial charge in [0.2, 0.25) is 0 Å². The molecule has 4 nitrogen and oxygen atoms in total. The highest BCUT2D eigenvalue weighted by Gasteiger charge is 2.36.